The molecule has 1 saturated heterocycles. The SMILES string of the molecule is COc1cc(Nc2c(C(=O)N3CCC(C)CC3)cnc3nc(C)ccc23)cc(OC)c1OC.Cl. The summed E-state index contributed by atoms with van der Waals surface area (Å²) in [5, 5.41) is 4.19. The molecule has 0 radical (unpaired) electrons. The zero-order chi connectivity index (χ0) is 23.5. The number of nitrogens with zero attached hydrogens (tertiary/aromatic N) is 3. The van der Waals surface area contributed by atoms with Crippen molar-refractivity contribution in [3.05, 3.63) is 41.7 Å². The number of likely N-dealkylation sites (tertiary alicyclic amines) is 1. The Morgan fingerprint density at radius 3 is 2.29 bits per heavy atom. The fraction of sp³-hybridized carbons (Fsp3) is 0.400. The highest BCUT2D eigenvalue weighted by molar-refractivity contribution is 6.07. The van der Waals surface area contributed by atoms with Crippen molar-refractivity contribution in [3.8, 4) is 17.2 Å². The van der Waals surface area contributed by atoms with Crippen LogP contribution in [0.25, 0.3) is 11.0 Å². The summed E-state index contributed by atoms with van der Waals surface area (Å²) < 4.78 is 16.4. The van der Waals surface area contributed by atoms with Gasteiger partial charge < -0.3 is 24.4 Å². The number of nitrogens with one attached hydrogen (secondary N) is 1. The Hall–Kier alpha value is -3.26. The van der Waals surface area contributed by atoms with E-state index in [9.17, 15) is 4.79 Å². The Labute approximate surface area is 206 Å². The minimum atomic E-state index is -0.0354. The van der Waals surface area contributed by atoms with E-state index in [-0.39, 0.29) is 18.3 Å². The molecular formula is C25H31ClN4O4. The molecule has 0 unspecified atom stereocenters. The Morgan fingerprint density at radius 1 is 1.06 bits per heavy atom. The Bertz CT molecular complexity index is 1150. The number of benzene rings is 1. The monoisotopic (exact) mass is 486 g/mol. The highest BCUT2D eigenvalue weighted by atomic mass is 35.5. The number of piperidine rings is 1. The number of anilines is 2. The van der Waals surface area contributed by atoms with Gasteiger partial charge in [-0.15, -0.1) is 12.4 Å². The Morgan fingerprint density at radius 2 is 1.71 bits per heavy atom. The number of ether oxygens (including phenoxy) is 3. The molecule has 2 aromatic heterocycles. The molecule has 1 aromatic carbocycles. The molecule has 1 aliphatic heterocycles. The van der Waals surface area contributed by atoms with E-state index in [1.807, 2.05) is 36.1 Å². The number of hydrogen-bond donors (Lipinski definition) is 1. The molecular weight excluding hydrogens is 456 g/mol. The predicted molar refractivity (Wildman–Crippen MR) is 135 cm³/mol. The lowest BCUT2D eigenvalue weighted by atomic mass is 9.98. The number of hydrogen-bond acceptors (Lipinski definition) is 7. The van der Waals surface area contributed by atoms with Crippen molar-refractivity contribution in [1.82, 2.24) is 14.9 Å². The summed E-state index contributed by atoms with van der Waals surface area (Å²) in [6.45, 7) is 5.63. The lowest BCUT2D eigenvalue weighted by Gasteiger charge is -2.31. The molecule has 9 heteroatoms. The molecule has 1 N–H and O–H groups in total. The largest absolute Gasteiger partial charge is 0.493 e. The lowest BCUT2D eigenvalue weighted by Crippen LogP contribution is -2.38. The number of carbonyl (C=O) groups is 1. The van der Waals surface area contributed by atoms with E-state index in [2.05, 4.69) is 22.2 Å². The van der Waals surface area contributed by atoms with Crippen LogP contribution in [-0.4, -0.2) is 55.2 Å². The van der Waals surface area contributed by atoms with Gasteiger partial charge in [0.1, 0.15) is 0 Å². The maximum absolute atomic E-state index is 13.5. The van der Waals surface area contributed by atoms with Crippen LogP contribution in [0, 0.1) is 12.8 Å². The molecule has 0 saturated carbocycles. The molecule has 34 heavy (non-hydrogen) atoms. The molecule has 182 valence electrons. The molecule has 8 nitrogen and oxygen atoms in total. The van der Waals surface area contributed by atoms with Crippen molar-refractivity contribution in [1.29, 1.82) is 0 Å². The molecule has 1 amide bonds. The van der Waals surface area contributed by atoms with E-state index in [0.717, 1.165) is 37.0 Å². The first kappa shape index (κ1) is 25.4. The molecule has 1 aliphatic rings. The number of aryl methyl sites for hydroxylation is 1. The number of fused-ring (bicyclic) bond motifs is 1. The normalized spacial score (nSPS) is 13.9. The third-order valence-corrected chi connectivity index (χ3v) is 6.10. The summed E-state index contributed by atoms with van der Waals surface area (Å²) in [6, 6.07) is 7.49. The molecule has 3 aromatic rings. The summed E-state index contributed by atoms with van der Waals surface area (Å²) in [4.78, 5) is 24.5. The molecule has 0 atom stereocenters. The van der Waals surface area contributed by atoms with Crippen LogP contribution in [0.15, 0.2) is 30.5 Å². The number of aromatic nitrogens is 2. The van der Waals surface area contributed by atoms with Crippen molar-refractivity contribution in [2.24, 2.45) is 5.92 Å². The minimum absolute atomic E-state index is 0. The van der Waals surface area contributed by atoms with Gasteiger partial charge in [0.05, 0.1) is 32.6 Å². The van der Waals surface area contributed by atoms with E-state index in [0.29, 0.717) is 45.8 Å². The quantitative estimate of drug-likeness (QED) is 0.524. The lowest BCUT2D eigenvalue weighted by molar-refractivity contribution is 0.0698. The summed E-state index contributed by atoms with van der Waals surface area (Å²) in [6.07, 6.45) is 3.63. The highest BCUT2D eigenvalue weighted by Crippen LogP contribution is 2.41. The number of pyridine rings is 2. The van der Waals surface area contributed by atoms with Gasteiger partial charge in [-0.3, -0.25) is 4.79 Å². The van der Waals surface area contributed by atoms with Gasteiger partial charge in [0.15, 0.2) is 17.1 Å². The summed E-state index contributed by atoms with van der Waals surface area (Å²) in [5.41, 5.74) is 3.30. The summed E-state index contributed by atoms with van der Waals surface area (Å²) >= 11 is 0. The van der Waals surface area contributed by atoms with Crippen molar-refractivity contribution >= 4 is 40.7 Å². The van der Waals surface area contributed by atoms with Gasteiger partial charge >= 0.3 is 0 Å². The van der Waals surface area contributed by atoms with Gasteiger partial charge in [0.25, 0.3) is 5.91 Å². The third kappa shape index (κ3) is 4.97. The van der Waals surface area contributed by atoms with Gasteiger partial charge in [-0.1, -0.05) is 6.92 Å². The van der Waals surface area contributed by atoms with Crippen molar-refractivity contribution < 1.29 is 19.0 Å². The first-order chi connectivity index (χ1) is 15.9. The van der Waals surface area contributed by atoms with E-state index in [4.69, 9.17) is 14.2 Å². The van der Waals surface area contributed by atoms with Gasteiger partial charge in [0, 0.05) is 48.2 Å². The topological polar surface area (TPSA) is 85.8 Å². The van der Waals surface area contributed by atoms with Crippen molar-refractivity contribution in [3.63, 3.8) is 0 Å². The van der Waals surface area contributed by atoms with Crippen LogP contribution in [0.4, 0.5) is 11.4 Å². The summed E-state index contributed by atoms with van der Waals surface area (Å²) in [7, 11) is 4.71. The van der Waals surface area contributed by atoms with E-state index >= 15 is 0 Å². The maximum Gasteiger partial charge on any atom is 0.257 e. The molecule has 0 aliphatic carbocycles. The molecule has 4 rings (SSSR count). The zero-order valence-corrected chi connectivity index (χ0v) is 21.0. The number of methoxy groups -OCH3 is 3. The van der Waals surface area contributed by atoms with Crippen molar-refractivity contribution in [2.75, 3.05) is 39.7 Å². The molecule has 0 spiro atoms. The Kier molecular flexibility index (Phi) is 8.04. The summed E-state index contributed by atoms with van der Waals surface area (Å²) in [5.74, 6) is 2.13. The van der Waals surface area contributed by atoms with Crippen LogP contribution < -0.4 is 19.5 Å². The third-order valence-electron chi connectivity index (χ3n) is 6.10. The number of halogens is 1. The van der Waals surface area contributed by atoms with Crippen molar-refractivity contribution in [2.45, 2.75) is 26.7 Å². The van der Waals surface area contributed by atoms with Gasteiger partial charge in [-0.25, -0.2) is 9.97 Å². The second-order valence-electron chi connectivity index (χ2n) is 8.38. The molecule has 0 bridgehead atoms. The van der Waals surface area contributed by atoms with Crippen LogP contribution in [0.1, 0.15) is 35.8 Å². The first-order valence-corrected chi connectivity index (χ1v) is 11.1. The zero-order valence-electron chi connectivity index (χ0n) is 20.2. The second kappa shape index (κ2) is 10.8. The van der Waals surface area contributed by atoms with E-state index in [1.54, 1.807) is 27.5 Å². The van der Waals surface area contributed by atoms with Gasteiger partial charge in [0.2, 0.25) is 5.75 Å². The standard InChI is InChI=1S/C25H30N4O4.ClH/c1-15-8-10-29(11-9-15)25(30)19-14-26-24-18(7-6-16(2)27-24)22(19)28-17-12-20(31-3)23(33-5)21(13-17)32-4;/h6-7,12-15H,8-11H2,1-5H3,(H,26,27,28);1H. The molecule has 3 heterocycles. The fourth-order valence-corrected chi connectivity index (χ4v) is 4.15. The van der Waals surface area contributed by atoms with Crippen LogP contribution in [0.2, 0.25) is 0 Å². The molecule has 1 fully saturated rings. The number of carbonyl (C=O) groups excluding carboxylic acids is 1. The smallest absolute Gasteiger partial charge is 0.257 e. The second-order valence-corrected chi connectivity index (χ2v) is 8.38. The van der Waals surface area contributed by atoms with Crippen LogP contribution in [0.3, 0.4) is 0 Å². The average molecular weight is 487 g/mol. The first-order valence-electron chi connectivity index (χ1n) is 11.1. The number of amides is 1. The number of rotatable bonds is 6. The van der Waals surface area contributed by atoms with Crippen LogP contribution in [-0.2, 0) is 0 Å². The maximum atomic E-state index is 13.5. The fourth-order valence-electron chi connectivity index (χ4n) is 4.15. The van der Waals surface area contributed by atoms with E-state index in [1.165, 1.54) is 0 Å². The predicted octanol–water partition coefficient (Wildman–Crippen LogP) is 5.00. The van der Waals surface area contributed by atoms with Gasteiger partial charge in [-0.05, 0) is 37.8 Å². The highest BCUT2D eigenvalue weighted by Gasteiger charge is 2.25. The average Bonchev–Trinajstić information content (AvgIpc) is 2.83. The van der Waals surface area contributed by atoms with Crippen LogP contribution >= 0.6 is 12.4 Å². The minimum Gasteiger partial charge on any atom is -0.493 e. The van der Waals surface area contributed by atoms with E-state index < -0.39 is 0 Å². The van der Waals surface area contributed by atoms with Gasteiger partial charge in [-0.2, -0.15) is 0 Å². The van der Waals surface area contributed by atoms with Crippen LogP contribution in [0.5, 0.6) is 17.2 Å². The Balaban J connectivity index is 0.00000324.